The summed E-state index contributed by atoms with van der Waals surface area (Å²) >= 11 is 0. The van der Waals surface area contributed by atoms with Crippen molar-refractivity contribution in [3.63, 3.8) is 0 Å². The van der Waals surface area contributed by atoms with E-state index in [4.69, 9.17) is 9.72 Å². The molecular weight excluding hydrogens is 486 g/mol. The Bertz CT molecular complexity index is 1650. The molecule has 0 spiro atoms. The van der Waals surface area contributed by atoms with Crippen molar-refractivity contribution in [1.29, 1.82) is 0 Å². The average molecular weight is 516 g/mol. The molecule has 1 N–H and O–H groups in total. The van der Waals surface area contributed by atoms with Crippen LogP contribution in [0.1, 0.15) is 28.8 Å². The number of benzene rings is 4. The number of nitrogens with one attached hydrogen (secondary N) is 1. The Hall–Kier alpha value is -4.55. The van der Waals surface area contributed by atoms with E-state index in [1.165, 1.54) is 5.56 Å². The Morgan fingerprint density at radius 3 is 2.23 bits per heavy atom. The molecule has 1 amide bonds. The lowest BCUT2D eigenvalue weighted by molar-refractivity contribution is 0.0359. The number of aromatic nitrogens is 2. The summed E-state index contributed by atoms with van der Waals surface area (Å²) in [4.78, 5) is 31.7. The number of hydrogen-bond acceptors (Lipinski definition) is 4. The molecule has 1 saturated heterocycles. The van der Waals surface area contributed by atoms with E-state index in [0.29, 0.717) is 23.0 Å². The second kappa shape index (κ2) is 11.1. The SMILES string of the molecule is O=C(Nc1nc2cc(-c3ccccc3)ccc2c(=O)n1CC1CCC(Cc2ccccc2)O1)c1ccccc1. The van der Waals surface area contributed by atoms with Crippen LogP contribution in [0.3, 0.4) is 0 Å². The maximum absolute atomic E-state index is 13.8. The summed E-state index contributed by atoms with van der Waals surface area (Å²) in [5.41, 5.74) is 4.06. The first-order chi connectivity index (χ1) is 19.1. The quantitative estimate of drug-likeness (QED) is 0.284. The molecule has 5 aromatic rings. The minimum Gasteiger partial charge on any atom is -0.373 e. The van der Waals surface area contributed by atoms with Gasteiger partial charge in [0.05, 0.1) is 29.7 Å². The highest BCUT2D eigenvalue weighted by molar-refractivity contribution is 6.03. The molecule has 2 heterocycles. The van der Waals surface area contributed by atoms with Crippen LogP contribution in [0.15, 0.2) is 114 Å². The zero-order valence-electron chi connectivity index (χ0n) is 21.5. The standard InChI is InChI=1S/C33H29N3O3/c37-31(25-14-8-3-9-15-25)35-33-34-30-21-26(24-12-6-2-7-13-24)16-19-29(30)32(38)36(33)22-28-18-17-27(39-28)20-23-10-4-1-5-11-23/h1-16,19,21,27-28H,17-18,20,22H2,(H,34,35,37). The molecule has 0 radical (unpaired) electrons. The minimum absolute atomic E-state index is 0.0947. The number of amides is 1. The molecule has 4 aromatic carbocycles. The lowest BCUT2D eigenvalue weighted by atomic mass is 10.0. The fourth-order valence-corrected chi connectivity index (χ4v) is 5.20. The van der Waals surface area contributed by atoms with Crippen LogP contribution in [-0.4, -0.2) is 27.7 Å². The van der Waals surface area contributed by atoms with E-state index in [1.807, 2.05) is 72.8 Å². The van der Waals surface area contributed by atoms with Crippen LogP contribution in [0.4, 0.5) is 5.95 Å². The van der Waals surface area contributed by atoms with Gasteiger partial charge in [-0.15, -0.1) is 0 Å². The molecule has 6 heteroatoms. The number of carbonyl (C=O) groups is 1. The van der Waals surface area contributed by atoms with Crippen LogP contribution in [0.2, 0.25) is 0 Å². The van der Waals surface area contributed by atoms with Crippen LogP contribution < -0.4 is 10.9 Å². The molecule has 2 unspecified atom stereocenters. The number of anilines is 1. The number of nitrogens with zero attached hydrogens (tertiary/aromatic N) is 2. The van der Waals surface area contributed by atoms with E-state index in [2.05, 4.69) is 17.4 Å². The molecule has 1 aromatic heterocycles. The summed E-state index contributed by atoms with van der Waals surface area (Å²) in [6.45, 7) is 0.317. The fourth-order valence-electron chi connectivity index (χ4n) is 5.20. The molecule has 2 atom stereocenters. The number of hydrogen-bond donors (Lipinski definition) is 1. The molecule has 6 nitrogen and oxygen atoms in total. The summed E-state index contributed by atoms with van der Waals surface area (Å²) in [6, 6.07) is 34.8. The summed E-state index contributed by atoms with van der Waals surface area (Å²) in [5.74, 6) is -0.0919. The molecule has 6 rings (SSSR count). The Morgan fingerprint density at radius 2 is 1.49 bits per heavy atom. The van der Waals surface area contributed by atoms with Gasteiger partial charge in [-0.1, -0.05) is 84.9 Å². The van der Waals surface area contributed by atoms with Gasteiger partial charge in [-0.05, 0) is 60.2 Å². The van der Waals surface area contributed by atoms with Gasteiger partial charge < -0.3 is 4.74 Å². The number of rotatable bonds is 7. The molecule has 194 valence electrons. The van der Waals surface area contributed by atoms with Crippen molar-refractivity contribution >= 4 is 22.8 Å². The number of ether oxygens (including phenoxy) is 1. The van der Waals surface area contributed by atoms with Gasteiger partial charge in [0.25, 0.3) is 11.5 Å². The van der Waals surface area contributed by atoms with Crippen molar-refractivity contribution in [1.82, 2.24) is 9.55 Å². The lowest BCUT2D eigenvalue weighted by Gasteiger charge is -2.19. The third-order valence-corrected chi connectivity index (χ3v) is 7.21. The van der Waals surface area contributed by atoms with Gasteiger partial charge >= 0.3 is 0 Å². The molecule has 1 aliphatic heterocycles. The summed E-state index contributed by atoms with van der Waals surface area (Å²) in [5, 5.41) is 3.41. The van der Waals surface area contributed by atoms with Crippen LogP contribution >= 0.6 is 0 Å². The third-order valence-electron chi connectivity index (χ3n) is 7.21. The highest BCUT2D eigenvalue weighted by atomic mass is 16.5. The predicted octanol–water partition coefficient (Wildman–Crippen LogP) is 6.11. The summed E-state index contributed by atoms with van der Waals surface area (Å²) in [7, 11) is 0. The normalized spacial score (nSPS) is 16.8. The van der Waals surface area contributed by atoms with Gasteiger partial charge in [0.2, 0.25) is 5.95 Å². The predicted molar refractivity (Wildman–Crippen MR) is 154 cm³/mol. The summed E-state index contributed by atoms with van der Waals surface area (Å²) < 4.78 is 7.91. The minimum atomic E-state index is -0.316. The van der Waals surface area contributed by atoms with Crippen molar-refractivity contribution in [2.45, 2.75) is 38.0 Å². The smallest absolute Gasteiger partial charge is 0.262 e. The van der Waals surface area contributed by atoms with Crippen molar-refractivity contribution in [3.05, 3.63) is 131 Å². The van der Waals surface area contributed by atoms with Crippen LogP contribution in [0, 0.1) is 0 Å². The Kier molecular flexibility index (Phi) is 7.02. The fraction of sp³-hybridized carbons (Fsp3) is 0.182. The van der Waals surface area contributed by atoms with Gasteiger partial charge in [0.15, 0.2) is 0 Å². The second-order valence-corrected chi connectivity index (χ2v) is 9.92. The topological polar surface area (TPSA) is 73.2 Å². The van der Waals surface area contributed by atoms with Crippen molar-refractivity contribution in [3.8, 4) is 11.1 Å². The van der Waals surface area contributed by atoms with E-state index in [0.717, 1.165) is 30.4 Å². The highest BCUT2D eigenvalue weighted by Crippen LogP contribution is 2.26. The first-order valence-corrected chi connectivity index (χ1v) is 13.3. The van der Waals surface area contributed by atoms with Gasteiger partial charge in [-0.2, -0.15) is 0 Å². The van der Waals surface area contributed by atoms with E-state index in [1.54, 1.807) is 28.8 Å². The second-order valence-electron chi connectivity index (χ2n) is 9.92. The molecule has 1 fully saturated rings. The first-order valence-electron chi connectivity index (χ1n) is 13.3. The molecule has 0 bridgehead atoms. The van der Waals surface area contributed by atoms with Gasteiger partial charge in [-0.25, -0.2) is 4.98 Å². The van der Waals surface area contributed by atoms with Gasteiger partial charge in [0, 0.05) is 5.56 Å². The monoisotopic (exact) mass is 515 g/mol. The van der Waals surface area contributed by atoms with E-state index in [-0.39, 0.29) is 29.6 Å². The number of carbonyl (C=O) groups excluding carboxylic acids is 1. The molecule has 0 aliphatic carbocycles. The van der Waals surface area contributed by atoms with Crippen LogP contribution in [0.25, 0.3) is 22.0 Å². The van der Waals surface area contributed by atoms with E-state index >= 15 is 0 Å². The molecule has 1 aliphatic rings. The number of fused-ring (bicyclic) bond motifs is 1. The van der Waals surface area contributed by atoms with Gasteiger partial charge in [-0.3, -0.25) is 19.5 Å². The Morgan fingerprint density at radius 1 is 0.821 bits per heavy atom. The third kappa shape index (κ3) is 5.52. The maximum Gasteiger partial charge on any atom is 0.262 e. The Balaban J connectivity index is 1.33. The maximum atomic E-state index is 13.8. The van der Waals surface area contributed by atoms with Crippen LogP contribution in [-0.2, 0) is 17.7 Å². The average Bonchev–Trinajstić information content (AvgIpc) is 3.43. The van der Waals surface area contributed by atoms with Crippen molar-refractivity contribution in [2.24, 2.45) is 0 Å². The van der Waals surface area contributed by atoms with E-state index in [9.17, 15) is 9.59 Å². The van der Waals surface area contributed by atoms with Crippen molar-refractivity contribution in [2.75, 3.05) is 5.32 Å². The molecular formula is C33H29N3O3. The lowest BCUT2D eigenvalue weighted by Crippen LogP contribution is -2.31. The van der Waals surface area contributed by atoms with Crippen molar-refractivity contribution < 1.29 is 9.53 Å². The largest absolute Gasteiger partial charge is 0.373 e. The zero-order chi connectivity index (χ0) is 26.6. The molecule has 39 heavy (non-hydrogen) atoms. The van der Waals surface area contributed by atoms with E-state index < -0.39 is 0 Å². The van der Waals surface area contributed by atoms with Gasteiger partial charge in [0.1, 0.15) is 0 Å². The van der Waals surface area contributed by atoms with Crippen LogP contribution in [0.5, 0.6) is 0 Å². The highest BCUT2D eigenvalue weighted by Gasteiger charge is 2.27. The zero-order valence-corrected chi connectivity index (χ0v) is 21.5. The molecule has 0 saturated carbocycles. The first kappa shape index (κ1) is 24.8. The summed E-state index contributed by atoms with van der Waals surface area (Å²) in [6.07, 6.45) is 2.54. The Labute approximate surface area is 226 Å².